The molecule has 3 heteroatoms. The van der Waals surface area contributed by atoms with Gasteiger partial charge >= 0.3 is 5.97 Å². The molecule has 0 spiro atoms. The van der Waals surface area contributed by atoms with Gasteiger partial charge in [-0.25, -0.2) is 4.79 Å². The number of aliphatic imine (C=N–C) groups is 1. The van der Waals surface area contributed by atoms with Crippen molar-refractivity contribution < 1.29 is 9.53 Å². The van der Waals surface area contributed by atoms with E-state index in [9.17, 15) is 4.79 Å². The smallest absolute Gasteiger partial charge is 0.352 e. The number of allylic oxidation sites excluding steroid dienone is 1. The molecule has 0 amide bonds. The predicted molar refractivity (Wildman–Crippen MR) is 67.0 cm³/mol. The van der Waals surface area contributed by atoms with E-state index < -0.39 is 0 Å². The number of carbonyl (C=O) groups is 1. The molecule has 2 rings (SSSR count). The summed E-state index contributed by atoms with van der Waals surface area (Å²) >= 11 is 0. The number of benzene rings is 1. The van der Waals surface area contributed by atoms with Crippen LogP contribution in [-0.4, -0.2) is 18.3 Å². The van der Waals surface area contributed by atoms with E-state index in [2.05, 4.69) is 11.6 Å². The maximum absolute atomic E-state index is 11.5. The summed E-state index contributed by atoms with van der Waals surface area (Å²) in [7, 11) is 0. The summed E-state index contributed by atoms with van der Waals surface area (Å²) in [6.45, 7) is 3.97. The Hall–Kier alpha value is -1.90. The second kappa shape index (κ2) is 5.43. The Labute approximate surface area is 101 Å². The van der Waals surface area contributed by atoms with Crippen LogP contribution in [0.1, 0.15) is 24.4 Å². The van der Waals surface area contributed by atoms with Crippen LogP contribution >= 0.6 is 0 Å². The normalized spacial score (nSPS) is 19.4. The molecule has 1 aromatic rings. The fourth-order valence-electron chi connectivity index (χ4n) is 1.77. The second-order valence-corrected chi connectivity index (χ2v) is 3.93. The molecule has 3 nitrogen and oxygen atoms in total. The van der Waals surface area contributed by atoms with Crippen molar-refractivity contribution in [3.8, 4) is 0 Å². The van der Waals surface area contributed by atoms with Gasteiger partial charge in [-0.2, -0.15) is 0 Å². The lowest BCUT2D eigenvalue weighted by molar-refractivity contribution is -0.137. The van der Waals surface area contributed by atoms with Crippen molar-refractivity contribution in [2.45, 2.75) is 18.9 Å². The quantitative estimate of drug-likeness (QED) is 0.588. The van der Waals surface area contributed by atoms with Crippen LogP contribution in [-0.2, 0) is 9.53 Å². The van der Waals surface area contributed by atoms with Crippen molar-refractivity contribution in [1.29, 1.82) is 0 Å². The molecule has 0 fully saturated rings. The maximum Gasteiger partial charge on any atom is 0.352 e. The Balaban J connectivity index is 2.17. The van der Waals surface area contributed by atoms with Gasteiger partial charge in [-0.05, 0) is 12.0 Å². The third-order valence-corrected chi connectivity index (χ3v) is 2.69. The van der Waals surface area contributed by atoms with E-state index in [0.717, 1.165) is 12.0 Å². The van der Waals surface area contributed by atoms with Crippen molar-refractivity contribution >= 4 is 11.7 Å². The number of ether oxygens (including phenoxy) is 1. The third-order valence-electron chi connectivity index (χ3n) is 2.69. The van der Waals surface area contributed by atoms with Gasteiger partial charge < -0.3 is 4.74 Å². The molecule has 0 saturated carbocycles. The van der Waals surface area contributed by atoms with Crippen molar-refractivity contribution in [3.63, 3.8) is 0 Å². The molecule has 88 valence electrons. The zero-order valence-corrected chi connectivity index (χ0v) is 9.63. The number of rotatable bonds is 4. The van der Waals surface area contributed by atoms with Crippen molar-refractivity contribution in [3.05, 3.63) is 48.6 Å². The summed E-state index contributed by atoms with van der Waals surface area (Å²) in [6, 6.07) is 9.82. The highest BCUT2D eigenvalue weighted by atomic mass is 16.5. The molecule has 1 aliphatic heterocycles. The highest BCUT2D eigenvalue weighted by Gasteiger charge is 2.23. The minimum absolute atomic E-state index is 0.0614. The van der Waals surface area contributed by atoms with Crippen LogP contribution in [0.25, 0.3) is 0 Å². The van der Waals surface area contributed by atoms with Gasteiger partial charge in [0.05, 0.1) is 0 Å². The fourth-order valence-corrected chi connectivity index (χ4v) is 1.77. The van der Waals surface area contributed by atoms with E-state index in [1.54, 1.807) is 6.08 Å². The average molecular weight is 229 g/mol. The lowest BCUT2D eigenvalue weighted by Crippen LogP contribution is -2.26. The highest BCUT2D eigenvalue weighted by Crippen LogP contribution is 2.22. The molecule has 0 saturated heterocycles. The third kappa shape index (κ3) is 2.81. The number of esters is 1. The number of hydrogen-bond acceptors (Lipinski definition) is 3. The fraction of sp³-hybridized carbons (Fsp3) is 0.286. The minimum Gasteiger partial charge on any atom is -0.459 e. The van der Waals surface area contributed by atoms with Crippen LogP contribution in [0.4, 0.5) is 0 Å². The summed E-state index contributed by atoms with van der Waals surface area (Å²) in [4.78, 5) is 16.0. The van der Waals surface area contributed by atoms with Crippen LogP contribution < -0.4 is 0 Å². The Morgan fingerprint density at radius 3 is 2.88 bits per heavy atom. The molecular formula is C14H15NO2. The Morgan fingerprint density at radius 2 is 2.18 bits per heavy atom. The van der Waals surface area contributed by atoms with E-state index in [-0.39, 0.29) is 12.0 Å². The topological polar surface area (TPSA) is 38.7 Å². The number of nitrogens with zero attached hydrogens (tertiary/aromatic N) is 1. The molecular weight excluding hydrogens is 214 g/mol. The van der Waals surface area contributed by atoms with Gasteiger partial charge in [0.15, 0.2) is 0 Å². The zero-order valence-electron chi connectivity index (χ0n) is 9.63. The van der Waals surface area contributed by atoms with E-state index in [0.29, 0.717) is 18.7 Å². The van der Waals surface area contributed by atoms with Crippen LogP contribution in [0.2, 0.25) is 0 Å². The van der Waals surface area contributed by atoms with Gasteiger partial charge in [0, 0.05) is 6.42 Å². The predicted octanol–water partition coefficient (Wildman–Crippen LogP) is 2.69. The van der Waals surface area contributed by atoms with E-state index in [1.807, 2.05) is 30.3 Å². The molecule has 0 unspecified atom stereocenters. The minimum atomic E-state index is -0.293. The summed E-state index contributed by atoms with van der Waals surface area (Å²) in [5, 5.41) is 0. The molecule has 1 aliphatic rings. The lowest BCUT2D eigenvalue weighted by atomic mass is 10.1. The van der Waals surface area contributed by atoms with Gasteiger partial charge in [0.25, 0.3) is 0 Å². The molecule has 0 radical (unpaired) electrons. The Morgan fingerprint density at radius 1 is 1.41 bits per heavy atom. The molecule has 0 bridgehead atoms. The SMILES string of the molecule is C=CCCC1=N[C@H](c2ccccc2)COC1=O. The summed E-state index contributed by atoms with van der Waals surface area (Å²) in [6.07, 6.45) is 3.13. The molecule has 0 N–H and O–H groups in total. The van der Waals surface area contributed by atoms with Crippen molar-refractivity contribution in [2.24, 2.45) is 4.99 Å². The van der Waals surface area contributed by atoms with E-state index in [4.69, 9.17) is 4.74 Å². The standard InChI is InChI=1S/C14H15NO2/c1-2-3-9-12-14(16)17-10-13(15-12)11-7-5-4-6-8-11/h2,4-8,13H,1,3,9-10H2/t13-/m0/s1. The van der Waals surface area contributed by atoms with Crippen LogP contribution in [0.15, 0.2) is 48.0 Å². The number of hydrogen-bond donors (Lipinski definition) is 0. The zero-order chi connectivity index (χ0) is 12.1. The van der Waals surface area contributed by atoms with Crippen molar-refractivity contribution in [2.75, 3.05) is 6.61 Å². The van der Waals surface area contributed by atoms with Gasteiger partial charge in [0.1, 0.15) is 18.4 Å². The molecule has 0 aliphatic carbocycles. The molecule has 1 heterocycles. The second-order valence-electron chi connectivity index (χ2n) is 3.93. The first-order valence-corrected chi connectivity index (χ1v) is 5.71. The summed E-state index contributed by atoms with van der Waals surface area (Å²) < 4.78 is 5.15. The van der Waals surface area contributed by atoms with Gasteiger partial charge in [0.2, 0.25) is 0 Å². The highest BCUT2D eigenvalue weighted by molar-refractivity contribution is 6.36. The first-order chi connectivity index (χ1) is 8.31. The maximum atomic E-state index is 11.5. The Kier molecular flexibility index (Phi) is 3.70. The van der Waals surface area contributed by atoms with Gasteiger partial charge in [-0.15, -0.1) is 6.58 Å². The first-order valence-electron chi connectivity index (χ1n) is 5.71. The molecule has 1 aromatic carbocycles. The summed E-state index contributed by atoms with van der Waals surface area (Å²) in [5.41, 5.74) is 1.60. The van der Waals surface area contributed by atoms with E-state index >= 15 is 0 Å². The van der Waals surface area contributed by atoms with Crippen LogP contribution in [0.3, 0.4) is 0 Å². The largest absolute Gasteiger partial charge is 0.459 e. The van der Waals surface area contributed by atoms with Gasteiger partial charge in [-0.1, -0.05) is 36.4 Å². The monoisotopic (exact) mass is 229 g/mol. The van der Waals surface area contributed by atoms with Crippen LogP contribution in [0, 0.1) is 0 Å². The van der Waals surface area contributed by atoms with E-state index in [1.165, 1.54) is 0 Å². The molecule has 0 aromatic heterocycles. The summed E-state index contributed by atoms with van der Waals surface area (Å²) in [5.74, 6) is -0.293. The van der Waals surface area contributed by atoms with Crippen LogP contribution in [0.5, 0.6) is 0 Å². The molecule has 1 atom stereocenters. The van der Waals surface area contributed by atoms with Gasteiger partial charge in [-0.3, -0.25) is 4.99 Å². The number of carbonyl (C=O) groups excluding carboxylic acids is 1. The molecule has 17 heavy (non-hydrogen) atoms. The lowest BCUT2D eigenvalue weighted by Gasteiger charge is -2.20. The Bertz CT molecular complexity index is 437. The first kappa shape index (κ1) is 11.6. The number of cyclic esters (lactones) is 1. The average Bonchev–Trinajstić information content (AvgIpc) is 2.39. The van der Waals surface area contributed by atoms with Crippen molar-refractivity contribution in [1.82, 2.24) is 0 Å².